The first kappa shape index (κ1) is 10.9. The average Bonchev–Trinajstić information content (AvgIpc) is 2.01. The third-order valence-electron chi connectivity index (χ3n) is 1.55. The van der Waals surface area contributed by atoms with E-state index in [1.165, 1.54) is 6.92 Å². The third kappa shape index (κ3) is 3.66. The molecule has 0 fully saturated rings. The maximum Gasteiger partial charge on any atom is 0.221 e. The number of rotatable bonds is 3. The third-order valence-corrected chi connectivity index (χ3v) is 1.66. The number of carbonyl (C=O) groups excluding carboxylic acids is 1. The molecule has 2 N–H and O–H groups in total. The van der Waals surface area contributed by atoms with Gasteiger partial charge in [-0.15, -0.1) is 0 Å². The predicted octanol–water partition coefficient (Wildman–Crippen LogP) is 2.64. The van der Waals surface area contributed by atoms with Crippen LogP contribution < -0.4 is 10.6 Å². The Morgan fingerprint density at radius 2 is 2.07 bits per heavy atom. The van der Waals surface area contributed by atoms with Gasteiger partial charge in [0.2, 0.25) is 5.91 Å². The first-order valence-corrected chi connectivity index (χ1v) is 4.80. The largest absolute Gasteiger partial charge is 0.369 e. The van der Waals surface area contributed by atoms with Crippen molar-refractivity contribution in [3.05, 3.63) is 24.3 Å². The maximum atomic E-state index is 10.8. The normalized spacial score (nSPS) is 11.9. The molecular weight excluding hydrogens is 200 g/mol. The van der Waals surface area contributed by atoms with Crippen LogP contribution >= 0.6 is 11.6 Å². The Bertz CT molecular complexity index is 326. The van der Waals surface area contributed by atoms with Crippen molar-refractivity contribution in [1.29, 1.82) is 0 Å². The topological polar surface area (TPSA) is 41.1 Å². The lowest BCUT2D eigenvalue weighted by molar-refractivity contribution is -0.114. The fraction of sp³-hybridized carbons (Fsp3) is 0.300. The standard InChI is InChI=1S/C10H13ClN2O/c1-7(11)12-9-4-3-5-10(6-9)13-8(2)14/h3-7,12H,1-2H3,(H,13,14). The van der Waals surface area contributed by atoms with Crippen molar-refractivity contribution in [2.24, 2.45) is 0 Å². The van der Waals surface area contributed by atoms with Crippen LogP contribution in [0, 0.1) is 0 Å². The van der Waals surface area contributed by atoms with Crippen LogP contribution in [0.15, 0.2) is 24.3 Å². The molecule has 1 aromatic carbocycles. The zero-order chi connectivity index (χ0) is 10.6. The molecule has 0 spiro atoms. The van der Waals surface area contributed by atoms with Crippen LogP contribution in [0.5, 0.6) is 0 Å². The molecule has 1 rings (SSSR count). The lowest BCUT2D eigenvalue weighted by Crippen LogP contribution is -2.08. The number of amides is 1. The molecule has 1 aromatic rings. The summed E-state index contributed by atoms with van der Waals surface area (Å²) >= 11 is 5.77. The molecule has 0 saturated carbocycles. The summed E-state index contributed by atoms with van der Waals surface area (Å²) in [5.41, 5.74) is 1.51. The first-order valence-electron chi connectivity index (χ1n) is 4.36. The van der Waals surface area contributed by atoms with Crippen molar-refractivity contribution >= 4 is 28.9 Å². The minimum Gasteiger partial charge on any atom is -0.369 e. The Labute approximate surface area is 88.5 Å². The summed E-state index contributed by atoms with van der Waals surface area (Å²) in [4.78, 5) is 10.8. The van der Waals surface area contributed by atoms with E-state index in [9.17, 15) is 4.79 Å². The predicted molar refractivity (Wildman–Crippen MR) is 59.7 cm³/mol. The molecule has 1 unspecified atom stereocenters. The number of hydrogen-bond donors (Lipinski definition) is 2. The molecule has 1 atom stereocenters. The lowest BCUT2D eigenvalue weighted by Gasteiger charge is -2.09. The van der Waals surface area contributed by atoms with Crippen molar-refractivity contribution < 1.29 is 4.79 Å². The highest BCUT2D eigenvalue weighted by Crippen LogP contribution is 2.16. The van der Waals surface area contributed by atoms with Crippen molar-refractivity contribution in [2.75, 3.05) is 10.6 Å². The summed E-state index contributed by atoms with van der Waals surface area (Å²) in [5.74, 6) is -0.0823. The summed E-state index contributed by atoms with van der Waals surface area (Å²) in [5, 5.41) is 5.73. The molecule has 1 amide bonds. The number of anilines is 2. The van der Waals surface area contributed by atoms with Gasteiger partial charge in [0.1, 0.15) is 0 Å². The van der Waals surface area contributed by atoms with Gasteiger partial charge in [0.05, 0.1) is 5.50 Å². The average molecular weight is 213 g/mol. The van der Waals surface area contributed by atoms with Crippen molar-refractivity contribution in [3.8, 4) is 0 Å². The second-order valence-corrected chi connectivity index (χ2v) is 3.68. The van der Waals surface area contributed by atoms with Gasteiger partial charge in [0, 0.05) is 18.3 Å². The van der Waals surface area contributed by atoms with E-state index in [4.69, 9.17) is 11.6 Å². The van der Waals surface area contributed by atoms with Crippen LogP contribution in [0.4, 0.5) is 11.4 Å². The summed E-state index contributed by atoms with van der Waals surface area (Å²) in [7, 11) is 0. The Morgan fingerprint density at radius 3 is 2.64 bits per heavy atom. The van der Waals surface area contributed by atoms with Crippen molar-refractivity contribution in [1.82, 2.24) is 0 Å². The zero-order valence-electron chi connectivity index (χ0n) is 8.17. The first-order chi connectivity index (χ1) is 6.58. The Morgan fingerprint density at radius 1 is 1.43 bits per heavy atom. The van der Waals surface area contributed by atoms with Gasteiger partial charge in [-0.1, -0.05) is 17.7 Å². The van der Waals surface area contributed by atoms with E-state index >= 15 is 0 Å². The molecule has 0 aromatic heterocycles. The molecule has 14 heavy (non-hydrogen) atoms. The fourth-order valence-electron chi connectivity index (χ4n) is 1.12. The van der Waals surface area contributed by atoms with Crippen LogP contribution in [0.25, 0.3) is 0 Å². The number of halogens is 1. The number of alkyl halides is 1. The number of hydrogen-bond acceptors (Lipinski definition) is 2. The fourth-order valence-corrected chi connectivity index (χ4v) is 1.25. The zero-order valence-corrected chi connectivity index (χ0v) is 8.93. The SMILES string of the molecule is CC(=O)Nc1cccc(NC(C)Cl)c1. The smallest absolute Gasteiger partial charge is 0.221 e. The van der Waals surface area contributed by atoms with Gasteiger partial charge < -0.3 is 10.6 Å². The quantitative estimate of drug-likeness (QED) is 0.598. The molecular formula is C10H13ClN2O. The van der Waals surface area contributed by atoms with Gasteiger partial charge in [-0.3, -0.25) is 4.79 Å². The van der Waals surface area contributed by atoms with Crippen LogP contribution in [0.3, 0.4) is 0 Å². The second-order valence-electron chi connectivity index (χ2n) is 3.02. The second kappa shape index (κ2) is 4.86. The molecule has 0 aliphatic carbocycles. The molecule has 76 valence electrons. The summed E-state index contributed by atoms with van der Waals surface area (Å²) < 4.78 is 0. The Kier molecular flexibility index (Phi) is 3.77. The van der Waals surface area contributed by atoms with E-state index < -0.39 is 0 Å². The highest BCUT2D eigenvalue weighted by molar-refractivity contribution is 6.21. The van der Waals surface area contributed by atoms with Gasteiger partial charge in [-0.05, 0) is 25.1 Å². The Hall–Kier alpha value is -1.22. The minimum absolute atomic E-state index is 0.0823. The Balaban J connectivity index is 2.73. The molecule has 0 saturated heterocycles. The van der Waals surface area contributed by atoms with Crippen molar-refractivity contribution in [3.63, 3.8) is 0 Å². The van der Waals surface area contributed by atoms with E-state index in [1.807, 2.05) is 31.2 Å². The van der Waals surface area contributed by atoms with Crippen molar-refractivity contribution in [2.45, 2.75) is 19.3 Å². The van der Waals surface area contributed by atoms with Gasteiger partial charge in [0.15, 0.2) is 0 Å². The van der Waals surface area contributed by atoms with Gasteiger partial charge >= 0.3 is 0 Å². The maximum absolute atomic E-state index is 10.8. The monoisotopic (exact) mass is 212 g/mol. The molecule has 0 bridgehead atoms. The number of benzene rings is 1. The van der Waals surface area contributed by atoms with Crippen LogP contribution in [-0.4, -0.2) is 11.4 Å². The van der Waals surface area contributed by atoms with Gasteiger partial charge in [0.25, 0.3) is 0 Å². The molecule has 0 radical (unpaired) electrons. The molecule has 0 heterocycles. The lowest BCUT2D eigenvalue weighted by atomic mass is 10.2. The van der Waals surface area contributed by atoms with E-state index in [2.05, 4.69) is 10.6 Å². The molecule has 3 nitrogen and oxygen atoms in total. The van der Waals surface area contributed by atoms with Crippen LogP contribution in [0.1, 0.15) is 13.8 Å². The molecule has 4 heteroatoms. The molecule has 0 aliphatic rings. The van der Waals surface area contributed by atoms with E-state index in [0.29, 0.717) is 0 Å². The molecule has 0 aliphatic heterocycles. The summed E-state index contributed by atoms with van der Waals surface area (Å²) in [6.07, 6.45) is 0. The van der Waals surface area contributed by atoms with Gasteiger partial charge in [-0.2, -0.15) is 0 Å². The van der Waals surface area contributed by atoms with E-state index in [1.54, 1.807) is 0 Å². The van der Waals surface area contributed by atoms with Crippen LogP contribution in [0.2, 0.25) is 0 Å². The number of carbonyl (C=O) groups is 1. The highest BCUT2D eigenvalue weighted by Gasteiger charge is 1.99. The van der Waals surface area contributed by atoms with E-state index in [0.717, 1.165) is 11.4 Å². The minimum atomic E-state index is -0.137. The number of nitrogens with one attached hydrogen (secondary N) is 2. The summed E-state index contributed by atoms with van der Waals surface area (Å²) in [6, 6.07) is 7.41. The van der Waals surface area contributed by atoms with E-state index in [-0.39, 0.29) is 11.4 Å². The van der Waals surface area contributed by atoms with Gasteiger partial charge in [-0.25, -0.2) is 0 Å². The van der Waals surface area contributed by atoms with Crippen LogP contribution in [-0.2, 0) is 4.79 Å². The highest BCUT2D eigenvalue weighted by atomic mass is 35.5. The summed E-state index contributed by atoms with van der Waals surface area (Å²) in [6.45, 7) is 3.32.